The van der Waals surface area contributed by atoms with Crippen LogP contribution in [0.25, 0.3) is 0 Å². The summed E-state index contributed by atoms with van der Waals surface area (Å²) >= 11 is 0. The average Bonchev–Trinajstić information content (AvgIpc) is 2.58. The van der Waals surface area contributed by atoms with Crippen LogP contribution in [0.15, 0.2) is 0 Å². The first kappa shape index (κ1) is 23.2. The van der Waals surface area contributed by atoms with Gasteiger partial charge in [-0.1, -0.05) is 66.2 Å². The molecule has 0 aliphatic rings. The van der Waals surface area contributed by atoms with Crippen molar-refractivity contribution in [2.24, 2.45) is 11.8 Å². The molecule has 0 aromatic carbocycles. The lowest BCUT2D eigenvalue weighted by Gasteiger charge is -2.25. The number of rotatable bonds is 14. The van der Waals surface area contributed by atoms with Crippen LogP contribution in [-0.4, -0.2) is 45.2 Å². The van der Waals surface area contributed by atoms with Gasteiger partial charge < -0.3 is 15.3 Å². The number of aliphatic hydroxyl groups excluding tert-OH is 3. The van der Waals surface area contributed by atoms with Crippen molar-refractivity contribution in [3.63, 3.8) is 0 Å². The van der Waals surface area contributed by atoms with Crippen LogP contribution in [0, 0.1) is 11.8 Å². The largest absolute Gasteiger partial charge is 0.387 e. The molecule has 3 N–H and O–H groups in total. The molecule has 5 heteroatoms. The van der Waals surface area contributed by atoms with E-state index in [0.29, 0.717) is 12.8 Å². The molecule has 0 bridgehead atoms. The standard InChI is InChI=1S/C19H36O5/c1-5-7-9-11-13(3)15(20)17(22)19(24)18(23)16(21)14(4)12-10-8-6-2/h13-14,17-19,22-24H,5-12H2,1-4H3. The maximum absolute atomic E-state index is 12.2. The zero-order valence-corrected chi connectivity index (χ0v) is 15.7. The van der Waals surface area contributed by atoms with Crippen LogP contribution in [-0.2, 0) is 9.59 Å². The Kier molecular flexibility index (Phi) is 12.2. The zero-order chi connectivity index (χ0) is 18.7. The zero-order valence-electron chi connectivity index (χ0n) is 15.7. The minimum atomic E-state index is -1.76. The van der Waals surface area contributed by atoms with Gasteiger partial charge in [0.15, 0.2) is 11.6 Å². The molecular formula is C19H36O5. The lowest BCUT2D eigenvalue weighted by molar-refractivity contribution is -0.150. The van der Waals surface area contributed by atoms with Crippen molar-refractivity contribution in [3.8, 4) is 0 Å². The lowest BCUT2D eigenvalue weighted by atomic mass is 9.88. The van der Waals surface area contributed by atoms with Crippen LogP contribution >= 0.6 is 0 Å². The molecule has 0 spiro atoms. The van der Waals surface area contributed by atoms with Crippen molar-refractivity contribution in [2.45, 2.75) is 97.4 Å². The Morgan fingerprint density at radius 1 is 0.708 bits per heavy atom. The Balaban J connectivity index is 4.54. The summed E-state index contributed by atoms with van der Waals surface area (Å²) in [5.41, 5.74) is 0. The fourth-order valence-electron chi connectivity index (χ4n) is 2.78. The molecule has 5 nitrogen and oxygen atoms in total. The molecule has 0 rings (SSSR count). The molecule has 0 aliphatic heterocycles. The number of ketones is 2. The quantitative estimate of drug-likeness (QED) is 0.421. The summed E-state index contributed by atoms with van der Waals surface area (Å²) in [5.74, 6) is -1.82. The van der Waals surface area contributed by atoms with E-state index in [1.807, 2.05) is 0 Å². The first-order chi connectivity index (χ1) is 11.3. The van der Waals surface area contributed by atoms with E-state index in [2.05, 4.69) is 13.8 Å². The predicted octanol–water partition coefficient (Wildman–Crippen LogP) is 2.64. The highest BCUT2D eigenvalue weighted by Crippen LogP contribution is 2.18. The topological polar surface area (TPSA) is 94.8 Å². The van der Waals surface area contributed by atoms with Gasteiger partial charge in [-0.25, -0.2) is 0 Å². The third-order valence-corrected chi connectivity index (χ3v) is 4.68. The van der Waals surface area contributed by atoms with E-state index in [4.69, 9.17) is 0 Å². The van der Waals surface area contributed by atoms with Gasteiger partial charge in [-0.2, -0.15) is 0 Å². The number of aliphatic hydroxyl groups is 3. The van der Waals surface area contributed by atoms with Crippen molar-refractivity contribution >= 4 is 11.6 Å². The molecule has 0 heterocycles. The van der Waals surface area contributed by atoms with Crippen LogP contribution < -0.4 is 0 Å². The third kappa shape index (κ3) is 7.86. The molecule has 4 atom stereocenters. The normalized spacial score (nSPS) is 17.8. The Bertz CT molecular complexity index is 335. The van der Waals surface area contributed by atoms with Gasteiger partial charge in [-0.05, 0) is 12.8 Å². The van der Waals surface area contributed by atoms with E-state index >= 15 is 0 Å². The summed E-state index contributed by atoms with van der Waals surface area (Å²) in [4.78, 5) is 24.3. The molecular weight excluding hydrogens is 308 g/mol. The van der Waals surface area contributed by atoms with Crippen molar-refractivity contribution in [3.05, 3.63) is 0 Å². The fourth-order valence-corrected chi connectivity index (χ4v) is 2.78. The highest BCUT2D eigenvalue weighted by atomic mass is 16.4. The molecule has 0 aliphatic carbocycles. The number of hydrogen-bond donors (Lipinski definition) is 3. The van der Waals surface area contributed by atoms with E-state index in [0.717, 1.165) is 38.5 Å². The Morgan fingerprint density at radius 2 is 1.04 bits per heavy atom. The second kappa shape index (κ2) is 12.6. The molecule has 0 fully saturated rings. The first-order valence-electron chi connectivity index (χ1n) is 9.39. The van der Waals surface area contributed by atoms with E-state index in [9.17, 15) is 24.9 Å². The first-order valence-corrected chi connectivity index (χ1v) is 9.39. The highest BCUT2D eigenvalue weighted by Gasteiger charge is 2.37. The van der Waals surface area contributed by atoms with E-state index < -0.39 is 41.7 Å². The van der Waals surface area contributed by atoms with Gasteiger partial charge >= 0.3 is 0 Å². The van der Waals surface area contributed by atoms with Gasteiger partial charge in [0.25, 0.3) is 0 Å². The van der Waals surface area contributed by atoms with Crippen molar-refractivity contribution in [2.75, 3.05) is 0 Å². The molecule has 0 amide bonds. The Labute approximate surface area is 146 Å². The second-order valence-electron chi connectivity index (χ2n) is 6.98. The maximum Gasteiger partial charge on any atom is 0.166 e. The third-order valence-electron chi connectivity index (χ3n) is 4.68. The van der Waals surface area contributed by atoms with Crippen LogP contribution in [0.1, 0.15) is 79.1 Å². The number of hydrogen-bond acceptors (Lipinski definition) is 5. The Hall–Kier alpha value is -0.780. The van der Waals surface area contributed by atoms with E-state index in [-0.39, 0.29) is 0 Å². The van der Waals surface area contributed by atoms with Gasteiger partial charge in [0.05, 0.1) is 0 Å². The predicted molar refractivity (Wildman–Crippen MR) is 94.6 cm³/mol. The summed E-state index contributed by atoms with van der Waals surface area (Å²) < 4.78 is 0. The minimum Gasteiger partial charge on any atom is -0.387 e. The molecule has 0 aromatic rings. The van der Waals surface area contributed by atoms with Crippen LogP contribution in [0.3, 0.4) is 0 Å². The van der Waals surface area contributed by atoms with Gasteiger partial charge in [0.1, 0.15) is 18.3 Å². The van der Waals surface area contributed by atoms with Gasteiger partial charge in [-0.3, -0.25) is 9.59 Å². The molecule has 0 saturated carbocycles. The summed E-state index contributed by atoms with van der Waals surface area (Å²) in [6, 6.07) is 0. The average molecular weight is 344 g/mol. The molecule has 24 heavy (non-hydrogen) atoms. The van der Waals surface area contributed by atoms with Gasteiger partial charge in [0, 0.05) is 11.8 Å². The maximum atomic E-state index is 12.2. The summed E-state index contributed by atoms with van der Waals surface area (Å²) in [6.45, 7) is 7.54. The van der Waals surface area contributed by atoms with E-state index in [1.165, 1.54) is 0 Å². The summed E-state index contributed by atoms with van der Waals surface area (Å²) in [6.07, 6.45) is 1.91. The number of carbonyl (C=O) groups is 2. The Morgan fingerprint density at radius 3 is 1.33 bits per heavy atom. The number of Topliss-reactive ketones (excluding diaryl/α,β-unsaturated/α-hetero) is 2. The fraction of sp³-hybridized carbons (Fsp3) is 0.895. The van der Waals surface area contributed by atoms with Crippen molar-refractivity contribution in [1.29, 1.82) is 0 Å². The molecule has 4 unspecified atom stereocenters. The monoisotopic (exact) mass is 344 g/mol. The lowest BCUT2D eigenvalue weighted by Crippen LogP contribution is -2.48. The van der Waals surface area contributed by atoms with Crippen LogP contribution in [0.2, 0.25) is 0 Å². The summed E-state index contributed by atoms with van der Waals surface area (Å²) in [7, 11) is 0. The molecule has 142 valence electrons. The second-order valence-corrected chi connectivity index (χ2v) is 6.98. The molecule has 0 aromatic heterocycles. The summed E-state index contributed by atoms with van der Waals surface area (Å²) in [5, 5.41) is 30.1. The van der Waals surface area contributed by atoms with Gasteiger partial charge in [-0.15, -0.1) is 0 Å². The van der Waals surface area contributed by atoms with E-state index in [1.54, 1.807) is 13.8 Å². The minimum absolute atomic E-state index is 0.398. The number of carbonyl (C=O) groups excluding carboxylic acids is 2. The van der Waals surface area contributed by atoms with Gasteiger partial charge in [0.2, 0.25) is 0 Å². The van der Waals surface area contributed by atoms with Crippen LogP contribution in [0.5, 0.6) is 0 Å². The van der Waals surface area contributed by atoms with Crippen molar-refractivity contribution in [1.82, 2.24) is 0 Å². The SMILES string of the molecule is CCCCCC(C)C(=O)C(O)C(O)C(O)C(=O)C(C)CCCCC. The highest BCUT2D eigenvalue weighted by molar-refractivity contribution is 5.89. The number of unbranched alkanes of at least 4 members (excludes halogenated alkanes) is 4. The smallest absolute Gasteiger partial charge is 0.166 e. The molecule has 0 radical (unpaired) electrons. The van der Waals surface area contributed by atoms with Crippen LogP contribution in [0.4, 0.5) is 0 Å². The van der Waals surface area contributed by atoms with Crippen molar-refractivity contribution < 1.29 is 24.9 Å². The molecule has 0 saturated heterocycles.